The molecule has 0 aliphatic carbocycles. The summed E-state index contributed by atoms with van der Waals surface area (Å²) in [4.78, 5) is 35.2. The van der Waals surface area contributed by atoms with E-state index in [-0.39, 0.29) is 24.0 Å². The molecule has 0 aromatic heterocycles. The van der Waals surface area contributed by atoms with Crippen molar-refractivity contribution in [2.45, 2.75) is 6.54 Å². The number of benzene rings is 2. The third kappa shape index (κ3) is 5.04. The van der Waals surface area contributed by atoms with Gasteiger partial charge in [-0.25, -0.2) is 4.79 Å². The first-order valence-corrected chi connectivity index (χ1v) is 7.69. The number of rotatable bonds is 7. The number of ether oxygens (including phenoxy) is 2. The molecular weight excluding hydrogens is 340 g/mol. The average molecular weight is 358 g/mol. The van der Waals surface area contributed by atoms with E-state index >= 15 is 0 Å². The highest BCUT2D eigenvalue weighted by molar-refractivity contribution is 5.89. The molecule has 0 radical (unpaired) electrons. The number of non-ortho nitro benzene ring substituents is 1. The molecule has 2 rings (SSSR count). The second kappa shape index (κ2) is 8.61. The van der Waals surface area contributed by atoms with Gasteiger partial charge in [0.05, 0.1) is 23.7 Å². The zero-order valence-corrected chi connectivity index (χ0v) is 14.4. The summed E-state index contributed by atoms with van der Waals surface area (Å²) in [5.41, 5.74) is 1.16. The van der Waals surface area contributed by atoms with Crippen molar-refractivity contribution in [1.82, 2.24) is 4.90 Å². The summed E-state index contributed by atoms with van der Waals surface area (Å²) in [6.07, 6.45) is 0. The smallest absolute Gasteiger partial charge is 0.337 e. The maximum Gasteiger partial charge on any atom is 0.337 e. The van der Waals surface area contributed by atoms with Gasteiger partial charge < -0.3 is 14.4 Å². The quantitative estimate of drug-likeness (QED) is 0.428. The molecule has 136 valence electrons. The Morgan fingerprint density at radius 3 is 2.46 bits per heavy atom. The SMILES string of the molecule is COC(=O)c1ccc(CN(C)C(=O)COc2cccc([N+](=O)[O-])c2)cc1. The summed E-state index contributed by atoms with van der Waals surface area (Å²) >= 11 is 0. The van der Waals surface area contributed by atoms with E-state index in [1.807, 2.05) is 0 Å². The van der Waals surface area contributed by atoms with Gasteiger partial charge in [-0.3, -0.25) is 14.9 Å². The molecule has 0 fully saturated rings. The number of amides is 1. The number of esters is 1. The topological polar surface area (TPSA) is 99.0 Å². The molecule has 0 bridgehead atoms. The van der Waals surface area contributed by atoms with Gasteiger partial charge in [-0.05, 0) is 23.8 Å². The molecule has 0 aliphatic rings. The molecule has 0 N–H and O–H groups in total. The lowest BCUT2D eigenvalue weighted by Gasteiger charge is -2.17. The normalized spacial score (nSPS) is 10.1. The van der Waals surface area contributed by atoms with E-state index in [0.29, 0.717) is 12.1 Å². The lowest BCUT2D eigenvalue weighted by molar-refractivity contribution is -0.384. The minimum atomic E-state index is -0.529. The first-order chi connectivity index (χ1) is 12.4. The zero-order chi connectivity index (χ0) is 19.1. The van der Waals surface area contributed by atoms with Crippen molar-refractivity contribution in [1.29, 1.82) is 0 Å². The largest absolute Gasteiger partial charge is 0.484 e. The van der Waals surface area contributed by atoms with Crippen LogP contribution in [0.1, 0.15) is 15.9 Å². The predicted octanol–water partition coefficient (Wildman–Crippen LogP) is 2.42. The van der Waals surface area contributed by atoms with Crippen LogP contribution in [0.2, 0.25) is 0 Å². The molecule has 0 aliphatic heterocycles. The summed E-state index contributed by atoms with van der Waals surface area (Å²) in [5, 5.41) is 10.7. The van der Waals surface area contributed by atoms with Gasteiger partial charge in [0, 0.05) is 19.7 Å². The standard InChI is InChI=1S/C18H18N2O6/c1-19(11-13-6-8-14(9-7-13)18(22)25-2)17(21)12-26-16-5-3-4-15(10-16)20(23)24/h3-10H,11-12H2,1-2H3. The molecule has 0 saturated heterocycles. The van der Waals surface area contributed by atoms with E-state index in [4.69, 9.17) is 4.74 Å². The average Bonchev–Trinajstić information content (AvgIpc) is 2.66. The van der Waals surface area contributed by atoms with E-state index in [9.17, 15) is 19.7 Å². The van der Waals surface area contributed by atoms with E-state index in [1.165, 1.54) is 30.2 Å². The Bertz CT molecular complexity index is 804. The Balaban J connectivity index is 1.90. The van der Waals surface area contributed by atoms with Crippen LogP contribution in [0.25, 0.3) is 0 Å². The molecule has 0 unspecified atom stereocenters. The molecule has 2 aromatic rings. The molecule has 0 heterocycles. The Morgan fingerprint density at radius 1 is 1.15 bits per heavy atom. The van der Waals surface area contributed by atoms with Crippen molar-refractivity contribution in [2.75, 3.05) is 20.8 Å². The molecule has 0 atom stereocenters. The highest BCUT2D eigenvalue weighted by atomic mass is 16.6. The minimum Gasteiger partial charge on any atom is -0.484 e. The van der Waals surface area contributed by atoms with Crippen molar-refractivity contribution in [3.8, 4) is 5.75 Å². The molecule has 0 spiro atoms. The van der Waals surface area contributed by atoms with Gasteiger partial charge in [0.2, 0.25) is 0 Å². The number of nitro groups is 1. The summed E-state index contributed by atoms with van der Waals surface area (Å²) in [6.45, 7) is 0.0937. The van der Waals surface area contributed by atoms with Crippen molar-refractivity contribution >= 4 is 17.6 Å². The van der Waals surface area contributed by atoms with Gasteiger partial charge in [-0.15, -0.1) is 0 Å². The second-order valence-electron chi connectivity index (χ2n) is 5.48. The first kappa shape index (κ1) is 18.9. The summed E-state index contributed by atoms with van der Waals surface area (Å²) in [5.74, 6) is -0.455. The zero-order valence-electron chi connectivity index (χ0n) is 14.4. The molecular formula is C18H18N2O6. The first-order valence-electron chi connectivity index (χ1n) is 7.69. The molecule has 1 amide bonds. The summed E-state index contributed by atoms with van der Waals surface area (Å²) in [6, 6.07) is 12.4. The molecule has 2 aromatic carbocycles. The van der Waals surface area contributed by atoms with Crippen molar-refractivity contribution in [3.63, 3.8) is 0 Å². The Morgan fingerprint density at radius 2 is 1.85 bits per heavy atom. The van der Waals surface area contributed by atoms with Gasteiger partial charge in [0.25, 0.3) is 11.6 Å². The number of likely N-dealkylation sites (N-methyl/N-ethyl adjacent to an activating group) is 1. The minimum absolute atomic E-state index is 0.103. The number of hydrogen-bond donors (Lipinski definition) is 0. The van der Waals surface area contributed by atoms with Gasteiger partial charge in [-0.2, -0.15) is 0 Å². The van der Waals surface area contributed by atoms with Gasteiger partial charge in [0.15, 0.2) is 6.61 Å². The third-order valence-electron chi connectivity index (χ3n) is 3.61. The second-order valence-corrected chi connectivity index (χ2v) is 5.48. The number of methoxy groups -OCH3 is 1. The number of nitrogens with zero attached hydrogens (tertiary/aromatic N) is 2. The van der Waals surface area contributed by atoms with E-state index in [2.05, 4.69) is 4.74 Å². The van der Waals surface area contributed by atoms with Crippen LogP contribution in [0.15, 0.2) is 48.5 Å². The Kier molecular flexibility index (Phi) is 6.26. The van der Waals surface area contributed by atoms with Crippen molar-refractivity contribution in [3.05, 3.63) is 69.8 Å². The van der Waals surface area contributed by atoms with Crippen LogP contribution in [0.4, 0.5) is 5.69 Å². The maximum absolute atomic E-state index is 12.2. The van der Waals surface area contributed by atoms with Crippen LogP contribution < -0.4 is 4.74 Å². The lowest BCUT2D eigenvalue weighted by Crippen LogP contribution is -2.30. The highest BCUT2D eigenvalue weighted by Gasteiger charge is 2.13. The Labute approximate surface area is 150 Å². The van der Waals surface area contributed by atoms with E-state index in [0.717, 1.165) is 5.56 Å². The Hall–Kier alpha value is -3.42. The molecule has 8 nitrogen and oxygen atoms in total. The highest BCUT2D eigenvalue weighted by Crippen LogP contribution is 2.19. The monoisotopic (exact) mass is 358 g/mol. The van der Waals surface area contributed by atoms with Crippen LogP contribution in [0.5, 0.6) is 5.75 Å². The van der Waals surface area contributed by atoms with Crippen LogP contribution >= 0.6 is 0 Å². The number of carbonyl (C=O) groups is 2. The third-order valence-corrected chi connectivity index (χ3v) is 3.61. The maximum atomic E-state index is 12.2. The molecule has 0 saturated carbocycles. The number of hydrogen-bond acceptors (Lipinski definition) is 6. The van der Waals surface area contributed by atoms with E-state index < -0.39 is 10.9 Å². The predicted molar refractivity (Wildman–Crippen MR) is 92.8 cm³/mol. The fourth-order valence-corrected chi connectivity index (χ4v) is 2.17. The number of nitro benzene ring substituents is 1. The fourth-order valence-electron chi connectivity index (χ4n) is 2.17. The van der Waals surface area contributed by atoms with E-state index in [1.54, 1.807) is 37.4 Å². The van der Waals surface area contributed by atoms with Crippen molar-refractivity contribution in [2.24, 2.45) is 0 Å². The summed E-state index contributed by atoms with van der Waals surface area (Å²) < 4.78 is 9.96. The summed E-state index contributed by atoms with van der Waals surface area (Å²) in [7, 11) is 2.93. The van der Waals surface area contributed by atoms with Crippen LogP contribution in [-0.2, 0) is 16.1 Å². The van der Waals surface area contributed by atoms with Gasteiger partial charge >= 0.3 is 5.97 Å². The fraction of sp³-hybridized carbons (Fsp3) is 0.222. The molecule has 8 heteroatoms. The van der Waals surface area contributed by atoms with Crippen LogP contribution in [-0.4, -0.2) is 42.5 Å². The van der Waals surface area contributed by atoms with Gasteiger partial charge in [-0.1, -0.05) is 18.2 Å². The van der Waals surface area contributed by atoms with Crippen molar-refractivity contribution < 1.29 is 24.0 Å². The van der Waals surface area contributed by atoms with Gasteiger partial charge in [0.1, 0.15) is 5.75 Å². The van der Waals surface area contributed by atoms with Crippen LogP contribution in [0.3, 0.4) is 0 Å². The van der Waals surface area contributed by atoms with Crippen LogP contribution in [0, 0.1) is 10.1 Å². The lowest BCUT2D eigenvalue weighted by atomic mass is 10.1. The molecule has 26 heavy (non-hydrogen) atoms. The number of carbonyl (C=O) groups excluding carboxylic acids is 2.